The number of imidazole rings is 1. The van der Waals surface area contributed by atoms with Crippen molar-refractivity contribution in [3.05, 3.63) is 16.7 Å². The number of carbonyl (C=O) groups excluding carboxylic acids is 2. The van der Waals surface area contributed by atoms with Gasteiger partial charge in [0.2, 0.25) is 13.4 Å². The van der Waals surface area contributed by atoms with Gasteiger partial charge in [0, 0.05) is 12.6 Å². The summed E-state index contributed by atoms with van der Waals surface area (Å²) >= 11 is 0. The Labute approximate surface area is 208 Å². The molecule has 2 aromatic rings. The Hall–Kier alpha value is -2.80. The van der Waals surface area contributed by atoms with Crippen LogP contribution in [0.4, 0.5) is 5.95 Å². The Bertz CT molecular complexity index is 1210. The van der Waals surface area contributed by atoms with Crippen molar-refractivity contribution in [1.82, 2.24) is 29.7 Å². The molecule has 5 N–H and O–H groups in total. The van der Waals surface area contributed by atoms with E-state index >= 15 is 0 Å². The van der Waals surface area contributed by atoms with E-state index in [1.54, 1.807) is 32.3 Å². The van der Waals surface area contributed by atoms with E-state index in [9.17, 15) is 18.9 Å². The van der Waals surface area contributed by atoms with Crippen LogP contribution in [0.3, 0.4) is 0 Å². The molecule has 1 aliphatic rings. The molecular formula is C21H34N7O7P. The molecule has 0 saturated heterocycles. The number of nitrogens with two attached hydrogens (primary N) is 1. The summed E-state index contributed by atoms with van der Waals surface area (Å²) in [4.78, 5) is 47.1. The number of nitrogen functional groups attached to an aromatic ring is 1. The Morgan fingerprint density at radius 1 is 1.39 bits per heavy atom. The standard InChI is InChI=1S/C21H34N7O7P/c1-6-34-18(30)13(4)26-36(32,27-14-9-21(14,5)19(31)35-12(2)3)11-33-8-7-28-10-23-15-16(28)24-20(22)25-17(15)29/h10,12-14H,6-9,11H2,1-5H3,(H2,26,27,32)(H3,22,24,25,29)/t13-,14?,21-,36?/m1/s1. The van der Waals surface area contributed by atoms with Crippen LogP contribution in [0.25, 0.3) is 11.2 Å². The van der Waals surface area contributed by atoms with E-state index in [2.05, 4.69) is 25.1 Å². The van der Waals surface area contributed by atoms with Crippen LogP contribution >= 0.6 is 7.44 Å². The Morgan fingerprint density at radius 3 is 2.78 bits per heavy atom. The highest BCUT2D eigenvalue weighted by molar-refractivity contribution is 7.59. The fourth-order valence-corrected chi connectivity index (χ4v) is 5.83. The van der Waals surface area contributed by atoms with Crippen LogP contribution in [0.2, 0.25) is 0 Å². The van der Waals surface area contributed by atoms with Crippen molar-refractivity contribution < 1.29 is 28.4 Å². The lowest BCUT2D eigenvalue weighted by Crippen LogP contribution is -2.40. The number of aromatic nitrogens is 4. The predicted octanol–water partition coefficient (Wildman–Crippen LogP) is 0.730. The average molecular weight is 528 g/mol. The third-order valence-corrected chi connectivity index (χ3v) is 7.77. The van der Waals surface area contributed by atoms with Crippen LogP contribution in [0, 0.1) is 5.41 Å². The van der Waals surface area contributed by atoms with Gasteiger partial charge in [0.1, 0.15) is 12.4 Å². The van der Waals surface area contributed by atoms with Gasteiger partial charge in [0.25, 0.3) is 5.56 Å². The maximum atomic E-state index is 13.8. The molecule has 14 nitrogen and oxygen atoms in total. The van der Waals surface area contributed by atoms with Crippen molar-refractivity contribution in [2.75, 3.05) is 25.3 Å². The van der Waals surface area contributed by atoms with Gasteiger partial charge in [-0.3, -0.25) is 23.9 Å². The zero-order chi connectivity index (χ0) is 26.7. The summed E-state index contributed by atoms with van der Waals surface area (Å²) in [6, 6.07) is -1.30. The molecule has 200 valence electrons. The second-order valence-electron chi connectivity index (χ2n) is 9.20. The van der Waals surface area contributed by atoms with E-state index in [0.717, 1.165) is 0 Å². The monoisotopic (exact) mass is 527 g/mol. The van der Waals surface area contributed by atoms with Gasteiger partial charge in [0.15, 0.2) is 11.2 Å². The molecule has 0 spiro atoms. The maximum absolute atomic E-state index is 13.8. The maximum Gasteiger partial charge on any atom is 0.323 e. The Kier molecular flexibility index (Phi) is 8.55. The summed E-state index contributed by atoms with van der Waals surface area (Å²) in [5.74, 6) is -0.977. The number of aromatic amines is 1. The van der Waals surface area contributed by atoms with Gasteiger partial charge in [-0.25, -0.2) is 15.2 Å². The van der Waals surface area contributed by atoms with Gasteiger partial charge in [-0.1, -0.05) is 0 Å². The van der Waals surface area contributed by atoms with Gasteiger partial charge in [-0.05, 0) is 41.0 Å². The molecule has 4 atom stereocenters. The van der Waals surface area contributed by atoms with E-state index in [0.29, 0.717) is 12.1 Å². The van der Waals surface area contributed by atoms with Gasteiger partial charge in [-0.2, -0.15) is 4.98 Å². The molecule has 1 fully saturated rings. The first-order valence-electron chi connectivity index (χ1n) is 11.7. The molecular weight excluding hydrogens is 493 g/mol. The molecule has 0 amide bonds. The van der Waals surface area contributed by atoms with Crippen molar-refractivity contribution in [3.63, 3.8) is 0 Å². The second kappa shape index (κ2) is 11.1. The summed E-state index contributed by atoms with van der Waals surface area (Å²) in [5, 5.41) is 5.80. The minimum Gasteiger partial charge on any atom is -0.465 e. The normalized spacial score (nSPS) is 21.8. The van der Waals surface area contributed by atoms with Crippen LogP contribution in [-0.4, -0.2) is 69.2 Å². The fraction of sp³-hybridized carbons (Fsp3) is 0.667. The van der Waals surface area contributed by atoms with Crippen molar-refractivity contribution in [1.29, 1.82) is 0 Å². The first kappa shape index (κ1) is 27.8. The fourth-order valence-electron chi connectivity index (χ4n) is 3.61. The molecule has 3 rings (SSSR count). The number of hydrogen-bond donors (Lipinski definition) is 4. The zero-order valence-corrected chi connectivity index (χ0v) is 22.0. The smallest absolute Gasteiger partial charge is 0.323 e. The van der Waals surface area contributed by atoms with E-state index in [-0.39, 0.29) is 49.6 Å². The van der Waals surface area contributed by atoms with Gasteiger partial charge < -0.3 is 24.5 Å². The van der Waals surface area contributed by atoms with Crippen molar-refractivity contribution in [3.8, 4) is 0 Å². The van der Waals surface area contributed by atoms with Crippen LogP contribution in [0.15, 0.2) is 11.1 Å². The van der Waals surface area contributed by atoms with Crippen LogP contribution in [-0.2, 0) is 34.9 Å². The van der Waals surface area contributed by atoms with Crippen LogP contribution in [0.5, 0.6) is 0 Å². The number of anilines is 1. The number of H-pyrrole nitrogens is 1. The summed E-state index contributed by atoms with van der Waals surface area (Å²) < 4.78 is 31.4. The lowest BCUT2D eigenvalue weighted by atomic mass is 10.1. The lowest BCUT2D eigenvalue weighted by molar-refractivity contribution is -0.153. The molecule has 1 saturated carbocycles. The van der Waals surface area contributed by atoms with Crippen LogP contribution < -0.4 is 21.5 Å². The molecule has 15 heteroatoms. The molecule has 2 unspecified atom stereocenters. The first-order chi connectivity index (χ1) is 16.9. The number of carbonyl (C=O) groups is 2. The summed E-state index contributed by atoms with van der Waals surface area (Å²) in [5.41, 5.74) is 4.77. The number of nitrogens with one attached hydrogen (secondary N) is 3. The summed E-state index contributed by atoms with van der Waals surface area (Å²) in [7, 11) is -3.52. The number of esters is 2. The molecule has 2 heterocycles. The Balaban J connectivity index is 1.66. The Morgan fingerprint density at radius 2 is 2.11 bits per heavy atom. The van der Waals surface area contributed by atoms with Crippen LogP contribution in [0.1, 0.15) is 41.0 Å². The third-order valence-electron chi connectivity index (χ3n) is 5.70. The number of ether oxygens (including phenoxy) is 3. The number of fused-ring (bicyclic) bond motifs is 1. The minimum absolute atomic E-state index is 0.0375. The molecule has 36 heavy (non-hydrogen) atoms. The third kappa shape index (κ3) is 6.49. The average Bonchev–Trinajstić information content (AvgIpc) is 3.24. The van der Waals surface area contributed by atoms with E-state index < -0.39 is 36.5 Å². The molecule has 2 aromatic heterocycles. The number of hydrogen-bond acceptors (Lipinski definition) is 10. The lowest BCUT2D eigenvalue weighted by Gasteiger charge is -2.25. The van der Waals surface area contributed by atoms with Crippen molar-refractivity contribution in [2.45, 2.75) is 65.8 Å². The summed E-state index contributed by atoms with van der Waals surface area (Å²) in [6.07, 6.45) is 1.32. The van der Waals surface area contributed by atoms with E-state index in [4.69, 9.17) is 19.9 Å². The molecule has 0 radical (unpaired) electrons. The molecule has 0 bridgehead atoms. The first-order valence-corrected chi connectivity index (χ1v) is 13.6. The largest absolute Gasteiger partial charge is 0.465 e. The molecule has 0 aromatic carbocycles. The quantitative estimate of drug-likeness (QED) is 0.162. The number of nitrogens with zero attached hydrogens (tertiary/aromatic N) is 3. The van der Waals surface area contributed by atoms with Crippen molar-refractivity contribution >= 4 is 36.5 Å². The van der Waals surface area contributed by atoms with E-state index in [1.165, 1.54) is 13.3 Å². The zero-order valence-electron chi connectivity index (χ0n) is 21.1. The minimum atomic E-state index is -3.52. The predicted molar refractivity (Wildman–Crippen MR) is 131 cm³/mol. The van der Waals surface area contributed by atoms with Gasteiger partial charge in [0.05, 0.1) is 31.1 Å². The van der Waals surface area contributed by atoms with Gasteiger partial charge >= 0.3 is 11.9 Å². The SMILES string of the molecule is CCOC(=O)[C@@H](C)NP(=O)(COCCn1cnc2c(=O)[nH]c(N)nc21)NC1C[C@@]1(C)C(=O)OC(C)C. The summed E-state index contributed by atoms with van der Waals surface area (Å²) in [6.45, 7) is 9.00. The highest BCUT2D eigenvalue weighted by Gasteiger charge is 2.59. The second-order valence-corrected chi connectivity index (χ2v) is 11.5. The highest BCUT2D eigenvalue weighted by atomic mass is 31.2. The topological polar surface area (TPSA) is 193 Å². The highest BCUT2D eigenvalue weighted by Crippen LogP contribution is 2.52. The molecule has 1 aliphatic carbocycles. The van der Waals surface area contributed by atoms with Crippen molar-refractivity contribution in [2.24, 2.45) is 5.41 Å². The van der Waals surface area contributed by atoms with Gasteiger partial charge in [-0.15, -0.1) is 0 Å². The van der Waals surface area contributed by atoms with E-state index in [1.807, 2.05) is 0 Å². The number of rotatable bonds is 13. The molecule has 0 aliphatic heterocycles.